The zero-order chi connectivity index (χ0) is 28.1. The molecular weight excluding hydrogens is 551 g/mol. The Morgan fingerprint density at radius 3 is 1.90 bits per heavy atom. The van der Waals surface area contributed by atoms with E-state index >= 15 is 0 Å². The molecule has 0 aliphatic carbocycles. The first kappa shape index (κ1) is 34.4. The van der Waals surface area contributed by atoms with E-state index in [0.717, 1.165) is 11.4 Å². The summed E-state index contributed by atoms with van der Waals surface area (Å²) in [6.07, 6.45) is 0.970. The maximum absolute atomic E-state index is 12.2. The summed E-state index contributed by atoms with van der Waals surface area (Å²) in [5.74, 6) is -3.01. The fraction of sp³-hybridized carbons (Fsp3) is 0.640. The average molecular weight is 592 g/mol. The van der Waals surface area contributed by atoms with E-state index in [-0.39, 0.29) is 48.9 Å². The maximum atomic E-state index is 12.2. The topological polar surface area (TPSA) is 167 Å². The molecule has 2 bridgehead atoms. The summed E-state index contributed by atoms with van der Waals surface area (Å²) in [5.41, 5.74) is 1.46. The molecular formula is C25H40MnN6O7+3. The molecule has 39 heavy (non-hydrogen) atoms. The Hall–Kier alpha value is -2.61. The summed E-state index contributed by atoms with van der Waals surface area (Å²) < 4.78 is 0. The van der Waals surface area contributed by atoms with E-state index in [1.807, 2.05) is 28.0 Å². The predicted octanol–water partition coefficient (Wildman–Crippen LogP) is -0.531. The molecule has 1 unspecified atom stereocenters. The molecule has 14 heteroatoms. The Morgan fingerprint density at radius 1 is 0.923 bits per heavy atom. The number of aromatic nitrogens is 1. The van der Waals surface area contributed by atoms with Gasteiger partial charge in [0.15, 0.2) is 0 Å². The third-order valence-corrected chi connectivity index (χ3v) is 6.34. The summed E-state index contributed by atoms with van der Waals surface area (Å²) in [6, 6.07) is 4.80. The Morgan fingerprint density at radius 2 is 1.44 bits per heavy atom. The first-order valence-corrected chi connectivity index (χ1v) is 12.7. The van der Waals surface area contributed by atoms with Gasteiger partial charge in [-0.05, 0) is 45.6 Å². The molecule has 2 heterocycles. The van der Waals surface area contributed by atoms with E-state index in [9.17, 15) is 34.5 Å². The van der Waals surface area contributed by atoms with Crippen molar-refractivity contribution in [1.29, 1.82) is 0 Å². The summed E-state index contributed by atoms with van der Waals surface area (Å²) in [6.45, 7) is 3.67. The van der Waals surface area contributed by atoms with Crippen LogP contribution in [0.4, 0.5) is 0 Å². The first-order valence-electron chi connectivity index (χ1n) is 12.7. The van der Waals surface area contributed by atoms with Crippen LogP contribution in [-0.4, -0.2) is 136 Å². The van der Waals surface area contributed by atoms with Gasteiger partial charge in [0.1, 0.15) is 6.04 Å². The number of nitrogens with one attached hydrogen (secondary N) is 1. The summed E-state index contributed by atoms with van der Waals surface area (Å²) >= 11 is 0. The molecule has 13 nitrogen and oxygen atoms in total. The van der Waals surface area contributed by atoms with Crippen LogP contribution in [0.2, 0.25) is 0 Å². The van der Waals surface area contributed by atoms with E-state index < -0.39 is 23.9 Å². The van der Waals surface area contributed by atoms with Gasteiger partial charge in [-0.25, -0.2) is 0 Å². The maximum Gasteiger partial charge on any atom is 3.00 e. The molecule has 1 aromatic rings. The van der Waals surface area contributed by atoms with Crippen molar-refractivity contribution in [3.05, 3.63) is 29.6 Å². The number of carbonyl (C=O) groups excluding carboxylic acids is 1. The molecule has 1 atom stereocenters. The standard InChI is InChI=1S/C25H40N6O7.Mn/c1-28(2)21(25(37)38)7-8-22(32)26-9-4-10-29-11-13-30(17-23(33)34)15-19-5-3-6-20(27-19)16-31(14-12-29)18-24(35)36;/h3,5-6,21H,4,7-18H2,1-2H3,(H,26,32)(H,33,34)(H,35,36)(H,37,38);/q;+3. The molecule has 4 N–H and O–H groups in total. The largest absolute Gasteiger partial charge is 3.00 e. The number of aliphatic carboxylic acids is 3. The monoisotopic (exact) mass is 591 g/mol. The minimum atomic E-state index is -0.963. The van der Waals surface area contributed by atoms with Crippen LogP contribution < -0.4 is 5.32 Å². The number of pyridine rings is 1. The third kappa shape index (κ3) is 13.8. The normalized spacial score (nSPS) is 16.4. The van der Waals surface area contributed by atoms with Crippen LogP contribution in [0.3, 0.4) is 0 Å². The van der Waals surface area contributed by atoms with Crippen molar-refractivity contribution >= 4 is 23.8 Å². The fourth-order valence-corrected chi connectivity index (χ4v) is 4.36. The molecule has 1 amide bonds. The van der Waals surface area contributed by atoms with Crippen LogP contribution in [0.1, 0.15) is 30.7 Å². The molecule has 1 aliphatic heterocycles. The minimum Gasteiger partial charge on any atom is -0.480 e. The SMILES string of the molecule is CN(C)C(CCC(=O)NCCCN1CCN(CC(=O)O)Cc2cccc(n2)CN(CC(=O)O)CC1)C(=O)O.[Mn+3]. The van der Waals surface area contributed by atoms with E-state index in [1.54, 1.807) is 19.0 Å². The number of rotatable bonds is 13. The molecule has 1 aromatic heterocycles. The molecule has 0 radical (unpaired) electrons. The first-order chi connectivity index (χ1) is 18.0. The van der Waals surface area contributed by atoms with Gasteiger partial charge in [-0.15, -0.1) is 0 Å². The Labute approximate surface area is 239 Å². The second kappa shape index (κ2) is 17.9. The van der Waals surface area contributed by atoms with Gasteiger partial charge in [0.05, 0.1) is 24.5 Å². The third-order valence-electron chi connectivity index (χ3n) is 6.34. The molecule has 0 aromatic carbocycles. The fourth-order valence-electron chi connectivity index (χ4n) is 4.36. The smallest absolute Gasteiger partial charge is 0.480 e. The Balaban J connectivity index is 0.00000760. The van der Waals surface area contributed by atoms with E-state index in [1.165, 1.54) is 0 Å². The second-order valence-electron chi connectivity index (χ2n) is 9.73. The molecule has 216 valence electrons. The number of carboxylic acids is 3. The summed E-state index contributed by atoms with van der Waals surface area (Å²) in [7, 11) is 3.33. The van der Waals surface area contributed by atoms with Crippen molar-refractivity contribution in [2.24, 2.45) is 0 Å². The quantitative estimate of drug-likeness (QED) is 0.171. The van der Waals surface area contributed by atoms with Crippen molar-refractivity contribution in [2.45, 2.75) is 38.4 Å². The van der Waals surface area contributed by atoms with E-state index in [0.29, 0.717) is 58.8 Å². The van der Waals surface area contributed by atoms with Crippen LogP contribution in [-0.2, 0) is 49.3 Å². The second-order valence-corrected chi connectivity index (χ2v) is 9.73. The van der Waals surface area contributed by atoms with Gasteiger partial charge >= 0.3 is 35.0 Å². The van der Waals surface area contributed by atoms with Gasteiger partial charge in [0.2, 0.25) is 5.91 Å². The number of carbonyl (C=O) groups is 4. The number of carboxylic acid groups (broad SMARTS) is 3. The van der Waals surface area contributed by atoms with Crippen LogP contribution in [0, 0.1) is 0 Å². The van der Waals surface area contributed by atoms with Crippen molar-refractivity contribution < 1.29 is 51.6 Å². The van der Waals surface area contributed by atoms with Gasteiger partial charge < -0.3 is 25.5 Å². The number of hydrogen-bond acceptors (Lipinski definition) is 9. The number of likely N-dealkylation sites (N-methyl/N-ethyl adjacent to an activating group) is 1. The van der Waals surface area contributed by atoms with Gasteiger partial charge in [-0.3, -0.25) is 38.9 Å². The minimum absolute atomic E-state index is 0. The average Bonchev–Trinajstić information content (AvgIpc) is 2.81. The molecule has 0 spiro atoms. The van der Waals surface area contributed by atoms with Gasteiger partial charge in [-0.2, -0.15) is 0 Å². The molecule has 1 aliphatic rings. The number of amides is 1. The zero-order valence-corrected chi connectivity index (χ0v) is 23.8. The number of hydrogen-bond donors (Lipinski definition) is 4. The summed E-state index contributed by atoms with van der Waals surface area (Å²) in [5, 5.41) is 30.8. The van der Waals surface area contributed by atoms with E-state index in [2.05, 4.69) is 15.2 Å². The van der Waals surface area contributed by atoms with Crippen LogP contribution in [0.25, 0.3) is 0 Å². The number of fused-ring (bicyclic) bond motifs is 2. The van der Waals surface area contributed by atoms with Gasteiger partial charge in [0, 0.05) is 52.2 Å². The molecule has 0 fully saturated rings. The van der Waals surface area contributed by atoms with Crippen molar-refractivity contribution in [3.8, 4) is 0 Å². The molecule has 0 saturated carbocycles. The summed E-state index contributed by atoms with van der Waals surface area (Å²) in [4.78, 5) is 58.3. The van der Waals surface area contributed by atoms with Crippen molar-refractivity contribution in [2.75, 3.05) is 66.5 Å². The molecule has 0 saturated heterocycles. The predicted molar refractivity (Wildman–Crippen MR) is 138 cm³/mol. The van der Waals surface area contributed by atoms with Gasteiger partial charge in [-0.1, -0.05) is 6.07 Å². The van der Waals surface area contributed by atoms with Crippen molar-refractivity contribution in [1.82, 2.24) is 29.9 Å². The van der Waals surface area contributed by atoms with Gasteiger partial charge in [0.25, 0.3) is 0 Å². The number of nitrogens with zero attached hydrogens (tertiary/aromatic N) is 5. The zero-order valence-electron chi connectivity index (χ0n) is 22.6. The van der Waals surface area contributed by atoms with Crippen LogP contribution in [0.15, 0.2) is 18.2 Å². The van der Waals surface area contributed by atoms with E-state index in [4.69, 9.17) is 0 Å². The van der Waals surface area contributed by atoms with Crippen LogP contribution >= 0.6 is 0 Å². The Bertz CT molecular complexity index is 906. The Kier molecular flexibility index (Phi) is 15.8. The van der Waals surface area contributed by atoms with Crippen LogP contribution in [0.5, 0.6) is 0 Å². The molecule has 2 rings (SSSR count). The van der Waals surface area contributed by atoms with Crippen molar-refractivity contribution in [3.63, 3.8) is 0 Å².